The van der Waals surface area contributed by atoms with Gasteiger partial charge in [-0.1, -0.05) is 30.3 Å². The molecule has 0 aliphatic rings. The first-order chi connectivity index (χ1) is 10.2. The molecule has 4 nitrogen and oxygen atoms in total. The minimum absolute atomic E-state index is 0.381. The van der Waals surface area contributed by atoms with Gasteiger partial charge in [0.05, 0.1) is 6.20 Å². The van der Waals surface area contributed by atoms with E-state index in [0.717, 1.165) is 27.5 Å². The summed E-state index contributed by atoms with van der Waals surface area (Å²) in [7, 11) is 0. The largest absolute Gasteiger partial charge is 0.455 e. The molecular formula is C16H10BrN3O. The van der Waals surface area contributed by atoms with Crippen LogP contribution >= 0.6 is 15.9 Å². The van der Waals surface area contributed by atoms with Gasteiger partial charge in [0, 0.05) is 16.3 Å². The zero-order valence-electron chi connectivity index (χ0n) is 10.9. The second-order valence-electron chi connectivity index (χ2n) is 4.71. The number of furan rings is 1. The third kappa shape index (κ3) is 1.89. The summed E-state index contributed by atoms with van der Waals surface area (Å²) in [4.78, 5) is 8.57. The highest BCUT2D eigenvalue weighted by Gasteiger charge is 2.15. The van der Waals surface area contributed by atoms with E-state index in [1.165, 1.54) is 0 Å². The summed E-state index contributed by atoms with van der Waals surface area (Å²) in [6, 6.07) is 13.9. The smallest absolute Gasteiger partial charge is 0.150 e. The zero-order chi connectivity index (χ0) is 14.4. The van der Waals surface area contributed by atoms with E-state index in [0.29, 0.717) is 16.1 Å². The summed E-state index contributed by atoms with van der Waals surface area (Å²) < 4.78 is 6.63. The van der Waals surface area contributed by atoms with Gasteiger partial charge in [0.2, 0.25) is 0 Å². The molecule has 4 rings (SSSR count). The fourth-order valence-electron chi connectivity index (χ4n) is 2.51. The molecule has 5 heteroatoms. The molecule has 0 aliphatic carbocycles. The molecule has 0 unspecified atom stereocenters. The molecule has 2 heterocycles. The maximum atomic E-state index is 5.99. The van der Waals surface area contributed by atoms with Crippen molar-refractivity contribution >= 4 is 43.7 Å². The van der Waals surface area contributed by atoms with Gasteiger partial charge in [-0.25, -0.2) is 9.97 Å². The van der Waals surface area contributed by atoms with Gasteiger partial charge in [-0.15, -0.1) is 0 Å². The number of hydrogen-bond donors (Lipinski definition) is 1. The summed E-state index contributed by atoms with van der Waals surface area (Å²) in [6.45, 7) is 0. The van der Waals surface area contributed by atoms with Crippen LogP contribution in [0.3, 0.4) is 0 Å². The van der Waals surface area contributed by atoms with E-state index >= 15 is 0 Å². The lowest BCUT2D eigenvalue weighted by Crippen LogP contribution is -1.97. The van der Waals surface area contributed by atoms with Gasteiger partial charge in [-0.05, 0) is 28.1 Å². The highest BCUT2D eigenvalue weighted by atomic mass is 79.9. The molecule has 0 amide bonds. The van der Waals surface area contributed by atoms with Crippen LogP contribution < -0.4 is 5.73 Å². The Kier molecular flexibility index (Phi) is 2.68. The van der Waals surface area contributed by atoms with Gasteiger partial charge in [0.15, 0.2) is 0 Å². The van der Waals surface area contributed by atoms with Gasteiger partial charge in [0.25, 0.3) is 0 Å². The lowest BCUT2D eigenvalue weighted by Gasteiger charge is -2.05. The first-order valence-electron chi connectivity index (χ1n) is 6.42. The topological polar surface area (TPSA) is 64.9 Å². The summed E-state index contributed by atoms with van der Waals surface area (Å²) in [5.74, 6) is 0.381. The summed E-state index contributed by atoms with van der Waals surface area (Å²) >= 11 is 3.33. The van der Waals surface area contributed by atoms with E-state index in [4.69, 9.17) is 10.2 Å². The normalized spacial score (nSPS) is 11.3. The van der Waals surface area contributed by atoms with Crippen molar-refractivity contribution in [1.29, 1.82) is 0 Å². The van der Waals surface area contributed by atoms with Gasteiger partial charge in [-0.2, -0.15) is 0 Å². The number of fused-ring (bicyclic) bond motifs is 3. The van der Waals surface area contributed by atoms with E-state index < -0.39 is 0 Å². The average molecular weight is 340 g/mol. The number of para-hydroxylation sites is 2. The van der Waals surface area contributed by atoms with E-state index in [-0.39, 0.29) is 0 Å². The van der Waals surface area contributed by atoms with Crippen molar-refractivity contribution in [2.45, 2.75) is 0 Å². The number of nitrogen functional groups attached to an aromatic ring is 1. The van der Waals surface area contributed by atoms with Gasteiger partial charge < -0.3 is 10.2 Å². The number of benzene rings is 2. The molecule has 21 heavy (non-hydrogen) atoms. The van der Waals surface area contributed by atoms with Crippen molar-refractivity contribution in [1.82, 2.24) is 9.97 Å². The predicted molar refractivity (Wildman–Crippen MR) is 86.9 cm³/mol. The zero-order valence-corrected chi connectivity index (χ0v) is 12.5. The molecule has 0 saturated heterocycles. The third-order valence-electron chi connectivity index (χ3n) is 3.43. The predicted octanol–water partition coefficient (Wildman–Crippen LogP) is 4.39. The summed E-state index contributed by atoms with van der Waals surface area (Å²) in [5.41, 5.74) is 9.06. The van der Waals surface area contributed by atoms with Crippen LogP contribution in [-0.2, 0) is 0 Å². The minimum atomic E-state index is 0.381. The SMILES string of the molecule is Nc1ncc(Br)nc1-c1cccc2c1oc1ccccc12. The molecule has 0 spiro atoms. The number of nitrogens with zero attached hydrogens (tertiary/aromatic N) is 2. The summed E-state index contributed by atoms with van der Waals surface area (Å²) in [5, 5.41) is 2.13. The molecule has 2 N–H and O–H groups in total. The quantitative estimate of drug-likeness (QED) is 0.558. The minimum Gasteiger partial charge on any atom is -0.455 e. The molecule has 102 valence electrons. The fraction of sp³-hybridized carbons (Fsp3) is 0. The first-order valence-corrected chi connectivity index (χ1v) is 7.22. The fourth-order valence-corrected chi connectivity index (χ4v) is 2.79. The van der Waals surface area contributed by atoms with E-state index in [2.05, 4.69) is 25.9 Å². The van der Waals surface area contributed by atoms with Crippen LogP contribution in [0.5, 0.6) is 0 Å². The van der Waals surface area contributed by atoms with Gasteiger partial charge in [-0.3, -0.25) is 0 Å². The second kappa shape index (κ2) is 4.56. The van der Waals surface area contributed by atoms with Crippen LogP contribution in [0, 0.1) is 0 Å². The van der Waals surface area contributed by atoms with Gasteiger partial charge in [0.1, 0.15) is 27.3 Å². The molecule has 2 aromatic carbocycles. The van der Waals surface area contributed by atoms with Crippen molar-refractivity contribution in [2.24, 2.45) is 0 Å². The molecule has 0 fully saturated rings. The van der Waals surface area contributed by atoms with Crippen LogP contribution in [0.25, 0.3) is 33.2 Å². The molecule has 4 aromatic rings. The van der Waals surface area contributed by atoms with Crippen LogP contribution in [0.2, 0.25) is 0 Å². The second-order valence-corrected chi connectivity index (χ2v) is 5.52. The Hall–Kier alpha value is -2.40. The van der Waals surface area contributed by atoms with E-state index in [9.17, 15) is 0 Å². The Balaban J connectivity index is 2.12. The molecule has 0 saturated carbocycles. The summed E-state index contributed by atoms with van der Waals surface area (Å²) in [6.07, 6.45) is 1.58. The van der Waals surface area contributed by atoms with E-state index in [1.807, 2.05) is 42.5 Å². The Morgan fingerprint density at radius 1 is 1.00 bits per heavy atom. The van der Waals surface area contributed by atoms with Crippen LogP contribution in [-0.4, -0.2) is 9.97 Å². The molecule has 0 radical (unpaired) electrons. The molecule has 2 aromatic heterocycles. The van der Waals surface area contributed by atoms with Crippen LogP contribution in [0.15, 0.2) is 57.7 Å². The maximum absolute atomic E-state index is 5.99. The van der Waals surface area contributed by atoms with Gasteiger partial charge >= 0.3 is 0 Å². The van der Waals surface area contributed by atoms with Crippen LogP contribution in [0.4, 0.5) is 5.82 Å². The standard InChI is InChI=1S/C16H10BrN3O/c17-13-8-19-16(18)14(20-13)11-6-3-5-10-9-4-1-2-7-12(9)21-15(10)11/h1-8H,(H2,18,19). The Morgan fingerprint density at radius 3 is 2.71 bits per heavy atom. The number of hydrogen-bond acceptors (Lipinski definition) is 4. The molecule has 0 bridgehead atoms. The van der Waals surface area contributed by atoms with Crippen molar-refractivity contribution in [3.63, 3.8) is 0 Å². The number of rotatable bonds is 1. The maximum Gasteiger partial charge on any atom is 0.150 e. The molecule has 0 aliphatic heterocycles. The average Bonchev–Trinajstić information content (AvgIpc) is 2.88. The molecule has 0 atom stereocenters. The van der Waals surface area contributed by atoms with Crippen molar-refractivity contribution in [3.05, 3.63) is 53.3 Å². The highest BCUT2D eigenvalue weighted by Crippen LogP contribution is 2.36. The number of halogens is 1. The third-order valence-corrected chi connectivity index (χ3v) is 3.81. The lowest BCUT2D eigenvalue weighted by molar-refractivity contribution is 0.670. The van der Waals surface area contributed by atoms with Crippen molar-refractivity contribution < 1.29 is 4.42 Å². The van der Waals surface area contributed by atoms with Crippen molar-refractivity contribution in [3.8, 4) is 11.3 Å². The first kappa shape index (κ1) is 12.3. The Bertz CT molecular complexity index is 978. The highest BCUT2D eigenvalue weighted by molar-refractivity contribution is 9.10. The van der Waals surface area contributed by atoms with Crippen LogP contribution in [0.1, 0.15) is 0 Å². The number of anilines is 1. The monoisotopic (exact) mass is 339 g/mol. The van der Waals surface area contributed by atoms with E-state index in [1.54, 1.807) is 6.20 Å². The lowest BCUT2D eigenvalue weighted by atomic mass is 10.1. The Labute approximate surface area is 128 Å². The molecular weight excluding hydrogens is 330 g/mol. The number of nitrogens with two attached hydrogens (primary N) is 1. The van der Waals surface area contributed by atoms with Crippen molar-refractivity contribution in [2.75, 3.05) is 5.73 Å². The Morgan fingerprint density at radius 2 is 1.81 bits per heavy atom. The number of aromatic nitrogens is 2.